The molecule has 5 nitrogen and oxygen atoms in total. The molecule has 0 saturated heterocycles. The quantitative estimate of drug-likeness (QED) is 0.857. The van der Waals surface area contributed by atoms with E-state index in [4.69, 9.17) is 5.11 Å². The van der Waals surface area contributed by atoms with Gasteiger partial charge in [0, 0.05) is 6.54 Å². The molecular formula is C12H11F3N2O3. The van der Waals surface area contributed by atoms with Crippen LogP contribution in [0.25, 0.3) is 11.0 Å². The average molecular weight is 288 g/mol. The van der Waals surface area contributed by atoms with E-state index in [1.54, 1.807) is 10.6 Å². The zero-order valence-electron chi connectivity index (χ0n) is 10.2. The van der Waals surface area contributed by atoms with Crippen LogP contribution in [0.1, 0.15) is 10.4 Å². The first-order valence-corrected chi connectivity index (χ1v) is 5.69. The molecular weight excluding hydrogens is 277 g/mol. The molecule has 0 amide bonds. The Hall–Kier alpha value is -2.09. The van der Waals surface area contributed by atoms with Gasteiger partial charge < -0.3 is 14.4 Å². The molecule has 8 heteroatoms. The summed E-state index contributed by atoms with van der Waals surface area (Å²) in [5.74, 6) is -1.06. The number of imidazole rings is 1. The molecule has 108 valence electrons. The fourth-order valence-electron chi connectivity index (χ4n) is 1.73. The average Bonchev–Trinajstić information content (AvgIpc) is 2.76. The van der Waals surface area contributed by atoms with Gasteiger partial charge in [0.05, 0.1) is 29.5 Å². The number of hydrogen-bond acceptors (Lipinski definition) is 3. The van der Waals surface area contributed by atoms with Gasteiger partial charge in [0.2, 0.25) is 0 Å². The van der Waals surface area contributed by atoms with Gasteiger partial charge in [-0.15, -0.1) is 0 Å². The van der Waals surface area contributed by atoms with Gasteiger partial charge in [0.1, 0.15) is 6.61 Å². The number of carboxylic acid groups (broad SMARTS) is 1. The number of benzene rings is 1. The molecule has 0 aliphatic rings. The Labute approximate surface area is 111 Å². The Morgan fingerprint density at radius 2 is 2.15 bits per heavy atom. The van der Waals surface area contributed by atoms with Crippen molar-refractivity contribution in [1.82, 2.24) is 9.55 Å². The van der Waals surface area contributed by atoms with E-state index in [1.807, 2.05) is 0 Å². The molecule has 20 heavy (non-hydrogen) atoms. The molecule has 0 radical (unpaired) electrons. The largest absolute Gasteiger partial charge is 0.478 e. The van der Waals surface area contributed by atoms with Crippen molar-refractivity contribution in [3.8, 4) is 0 Å². The number of halogens is 3. The Morgan fingerprint density at radius 1 is 1.40 bits per heavy atom. The third-order valence-electron chi connectivity index (χ3n) is 2.61. The molecule has 2 aromatic rings. The first-order valence-electron chi connectivity index (χ1n) is 5.69. The molecule has 1 N–H and O–H groups in total. The van der Waals surface area contributed by atoms with Crippen LogP contribution in [0.3, 0.4) is 0 Å². The number of ether oxygens (including phenoxy) is 1. The second kappa shape index (κ2) is 5.49. The van der Waals surface area contributed by atoms with Crippen LogP contribution in [0.15, 0.2) is 24.5 Å². The predicted octanol–water partition coefficient (Wildman–Crippen LogP) is 2.31. The zero-order chi connectivity index (χ0) is 14.8. The highest BCUT2D eigenvalue weighted by Crippen LogP contribution is 2.16. The van der Waals surface area contributed by atoms with Gasteiger partial charge in [-0.05, 0) is 18.2 Å². The van der Waals surface area contributed by atoms with E-state index in [1.165, 1.54) is 18.5 Å². The van der Waals surface area contributed by atoms with Gasteiger partial charge in [-0.3, -0.25) is 0 Å². The summed E-state index contributed by atoms with van der Waals surface area (Å²) in [6.45, 7) is -1.19. The van der Waals surface area contributed by atoms with Gasteiger partial charge in [-0.25, -0.2) is 9.78 Å². The van der Waals surface area contributed by atoms with Crippen molar-refractivity contribution in [2.24, 2.45) is 0 Å². The van der Waals surface area contributed by atoms with Crippen LogP contribution in [-0.2, 0) is 11.3 Å². The third-order valence-corrected chi connectivity index (χ3v) is 2.61. The molecule has 2 rings (SSSR count). The second-order valence-electron chi connectivity index (χ2n) is 4.11. The number of nitrogens with zero attached hydrogens (tertiary/aromatic N) is 2. The Morgan fingerprint density at radius 3 is 2.80 bits per heavy atom. The minimum Gasteiger partial charge on any atom is -0.478 e. The van der Waals surface area contributed by atoms with E-state index in [0.29, 0.717) is 11.0 Å². The lowest BCUT2D eigenvalue weighted by molar-refractivity contribution is -0.174. The molecule has 0 bridgehead atoms. The van der Waals surface area contributed by atoms with Crippen LogP contribution in [0, 0.1) is 0 Å². The smallest absolute Gasteiger partial charge is 0.411 e. The molecule has 1 aromatic heterocycles. The Bertz CT molecular complexity index is 622. The van der Waals surface area contributed by atoms with Gasteiger partial charge in [0.15, 0.2) is 0 Å². The highest BCUT2D eigenvalue weighted by molar-refractivity contribution is 5.92. The summed E-state index contributed by atoms with van der Waals surface area (Å²) in [6.07, 6.45) is -2.90. The van der Waals surface area contributed by atoms with Crippen LogP contribution >= 0.6 is 0 Å². The minimum atomic E-state index is -4.34. The van der Waals surface area contributed by atoms with Crippen LogP contribution in [0.2, 0.25) is 0 Å². The lowest BCUT2D eigenvalue weighted by Gasteiger charge is -2.08. The molecule has 0 fully saturated rings. The molecule has 0 aliphatic heterocycles. The standard InChI is InChI=1S/C12H11F3N2O3/c13-12(14,15)6-20-4-3-17-7-16-9-5-8(11(18)19)1-2-10(9)17/h1-2,5,7H,3-4,6H2,(H,18,19). The van der Waals surface area contributed by atoms with Crippen LogP contribution in [0.4, 0.5) is 13.2 Å². The van der Waals surface area contributed by atoms with Crippen molar-refractivity contribution in [3.63, 3.8) is 0 Å². The third kappa shape index (κ3) is 3.47. The maximum absolute atomic E-state index is 11.9. The van der Waals surface area contributed by atoms with Gasteiger partial charge in [0.25, 0.3) is 0 Å². The van der Waals surface area contributed by atoms with Crippen molar-refractivity contribution in [3.05, 3.63) is 30.1 Å². The topological polar surface area (TPSA) is 64.3 Å². The van der Waals surface area contributed by atoms with E-state index in [0.717, 1.165) is 0 Å². The van der Waals surface area contributed by atoms with Crippen LogP contribution in [-0.4, -0.2) is 40.0 Å². The highest BCUT2D eigenvalue weighted by atomic mass is 19.4. The van der Waals surface area contributed by atoms with Crippen LogP contribution in [0.5, 0.6) is 0 Å². The molecule has 0 saturated carbocycles. The SMILES string of the molecule is O=C(O)c1ccc2c(c1)ncn2CCOCC(F)(F)F. The summed E-state index contributed by atoms with van der Waals surface area (Å²) in [4.78, 5) is 14.8. The molecule has 1 heterocycles. The number of fused-ring (bicyclic) bond motifs is 1. The van der Waals surface area contributed by atoms with E-state index in [-0.39, 0.29) is 18.7 Å². The number of rotatable bonds is 5. The summed E-state index contributed by atoms with van der Waals surface area (Å²) < 4.78 is 41.8. The fraction of sp³-hybridized carbons (Fsp3) is 0.333. The maximum Gasteiger partial charge on any atom is 0.411 e. The van der Waals surface area contributed by atoms with E-state index < -0.39 is 18.8 Å². The highest BCUT2D eigenvalue weighted by Gasteiger charge is 2.27. The molecule has 0 atom stereocenters. The number of carbonyl (C=O) groups is 1. The lowest BCUT2D eigenvalue weighted by Crippen LogP contribution is -2.18. The fourth-order valence-corrected chi connectivity index (χ4v) is 1.73. The number of aromatic nitrogens is 2. The Kier molecular flexibility index (Phi) is 3.93. The number of aromatic carboxylic acids is 1. The van der Waals surface area contributed by atoms with Crippen molar-refractivity contribution in [2.45, 2.75) is 12.7 Å². The maximum atomic E-state index is 11.9. The monoisotopic (exact) mass is 288 g/mol. The van der Waals surface area contributed by atoms with Crippen molar-refractivity contribution in [2.75, 3.05) is 13.2 Å². The van der Waals surface area contributed by atoms with Crippen molar-refractivity contribution >= 4 is 17.0 Å². The Balaban J connectivity index is 2.03. The second-order valence-corrected chi connectivity index (χ2v) is 4.11. The summed E-state index contributed by atoms with van der Waals surface area (Å²) >= 11 is 0. The summed E-state index contributed by atoms with van der Waals surface area (Å²) in [5, 5.41) is 8.84. The van der Waals surface area contributed by atoms with E-state index in [2.05, 4.69) is 9.72 Å². The van der Waals surface area contributed by atoms with Gasteiger partial charge in [-0.1, -0.05) is 0 Å². The number of alkyl halides is 3. The van der Waals surface area contributed by atoms with Gasteiger partial charge in [-0.2, -0.15) is 13.2 Å². The minimum absolute atomic E-state index is 0.106. The summed E-state index contributed by atoms with van der Waals surface area (Å²) in [5.41, 5.74) is 1.22. The van der Waals surface area contributed by atoms with E-state index >= 15 is 0 Å². The first kappa shape index (κ1) is 14.3. The first-order chi connectivity index (χ1) is 9.37. The molecule has 0 unspecified atom stereocenters. The van der Waals surface area contributed by atoms with Gasteiger partial charge >= 0.3 is 12.1 Å². The van der Waals surface area contributed by atoms with Crippen LogP contribution < -0.4 is 0 Å². The molecule has 0 aliphatic carbocycles. The zero-order valence-corrected chi connectivity index (χ0v) is 10.2. The van der Waals surface area contributed by atoms with Crippen molar-refractivity contribution < 1.29 is 27.8 Å². The summed E-state index contributed by atoms with van der Waals surface area (Å²) in [6, 6.07) is 4.39. The lowest BCUT2D eigenvalue weighted by atomic mass is 10.2. The predicted molar refractivity (Wildman–Crippen MR) is 63.6 cm³/mol. The molecule has 1 aromatic carbocycles. The normalized spacial score (nSPS) is 11.9. The number of hydrogen-bond donors (Lipinski definition) is 1. The molecule has 0 spiro atoms. The van der Waals surface area contributed by atoms with Crippen molar-refractivity contribution in [1.29, 1.82) is 0 Å². The van der Waals surface area contributed by atoms with E-state index in [9.17, 15) is 18.0 Å². The number of carboxylic acids is 1. The summed E-state index contributed by atoms with van der Waals surface area (Å²) in [7, 11) is 0.